The lowest BCUT2D eigenvalue weighted by molar-refractivity contribution is -0.384. The van der Waals surface area contributed by atoms with Gasteiger partial charge >= 0.3 is 5.69 Å². The van der Waals surface area contributed by atoms with E-state index in [0.717, 1.165) is 0 Å². The topological polar surface area (TPSA) is 94.1 Å². The first kappa shape index (κ1) is 12.7. The molecule has 0 atom stereocenters. The first-order valence-electron chi connectivity index (χ1n) is 5.41. The molecule has 1 aromatic carbocycles. The van der Waals surface area contributed by atoms with E-state index in [1.807, 2.05) is 0 Å². The monoisotopic (exact) mass is 262 g/mol. The molecular weight excluding hydrogens is 251 g/mol. The summed E-state index contributed by atoms with van der Waals surface area (Å²) >= 11 is 0. The van der Waals surface area contributed by atoms with Crippen molar-refractivity contribution in [3.05, 3.63) is 51.8 Å². The van der Waals surface area contributed by atoms with Crippen LogP contribution in [0.3, 0.4) is 0 Å². The fourth-order valence-electron chi connectivity index (χ4n) is 1.56. The largest absolute Gasteiger partial charge is 0.378 e. The van der Waals surface area contributed by atoms with Crippen molar-refractivity contribution in [3.63, 3.8) is 0 Å². The molecule has 0 saturated heterocycles. The van der Waals surface area contributed by atoms with Crippen LogP contribution in [0.25, 0.3) is 0 Å². The summed E-state index contributed by atoms with van der Waals surface area (Å²) in [6, 6.07) is 7.18. The standard InChI is InChI=1S/C12H11FN4O2/c1-7-6-8(2-3-9(7)13)15-11-5-4-10(17(18)19)12(14)16-11/h2-6H,1H3,(H3,14,15,16). The number of nitrogens with two attached hydrogens (primary N) is 1. The van der Waals surface area contributed by atoms with Crippen LogP contribution in [0.5, 0.6) is 0 Å². The lowest BCUT2D eigenvalue weighted by Gasteiger charge is -2.07. The van der Waals surface area contributed by atoms with Crippen molar-refractivity contribution in [2.75, 3.05) is 11.1 Å². The van der Waals surface area contributed by atoms with Gasteiger partial charge in [0.2, 0.25) is 5.82 Å². The Kier molecular flexibility index (Phi) is 3.28. The number of aryl methyl sites for hydroxylation is 1. The third-order valence-corrected chi connectivity index (χ3v) is 2.53. The van der Waals surface area contributed by atoms with Crippen LogP contribution in [-0.2, 0) is 0 Å². The smallest absolute Gasteiger partial charge is 0.311 e. The van der Waals surface area contributed by atoms with E-state index in [9.17, 15) is 14.5 Å². The van der Waals surface area contributed by atoms with Gasteiger partial charge in [-0.3, -0.25) is 10.1 Å². The molecule has 0 spiro atoms. The minimum absolute atomic E-state index is 0.172. The molecule has 2 aromatic rings. The highest BCUT2D eigenvalue weighted by atomic mass is 19.1. The minimum atomic E-state index is -0.603. The number of nitrogens with zero attached hydrogens (tertiary/aromatic N) is 2. The van der Waals surface area contributed by atoms with E-state index in [-0.39, 0.29) is 17.3 Å². The van der Waals surface area contributed by atoms with Crippen molar-refractivity contribution < 1.29 is 9.31 Å². The van der Waals surface area contributed by atoms with Crippen LogP contribution < -0.4 is 11.1 Å². The van der Waals surface area contributed by atoms with Crippen molar-refractivity contribution in [3.8, 4) is 0 Å². The summed E-state index contributed by atoms with van der Waals surface area (Å²) in [6.07, 6.45) is 0. The van der Waals surface area contributed by atoms with Gasteiger partial charge in [-0.1, -0.05) is 0 Å². The fraction of sp³-hybridized carbons (Fsp3) is 0.0833. The van der Waals surface area contributed by atoms with Crippen LogP contribution in [0.1, 0.15) is 5.56 Å². The number of pyridine rings is 1. The van der Waals surface area contributed by atoms with Crippen molar-refractivity contribution in [1.82, 2.24) is 4.98 Å². The molecule has 0 aliphatic heterocycles. The zero-order chi connectivity index (χ0) is 14.0. The van der Waals surface area contributed by atoms with Crippen molar-refractivity contribution in [1.29, 1.82) is 0 Å². The van der Waals surface area contributed by atoms with Crippen LogP contribution in [-0.4, -0.2) is 9.91 Å². The van der Waals surface area contributed by atoms with E-state index in [0.29, 0.717) is 17.1 Å². The number of nitrogens with one attached hydrogen (secondary N) is 1. The molecule has 0 amide bonds. The van der Waals surface area contributed by atoms with E-state index < -0.39 is 4.92 Å². The Labute approximate surface area is 108 Å². The Morgan fingerprint density at radius 1 is 1.37 bits per heavy atom. The predicted molar refractivity (Wildman–Crippen MR) is 69.7 cm³/mol. The van der Waals surface area contributed by atoms with Gasteiger partial charge in [-0.05, 0) is 36.8 Å². The highest BCUT2D eigenvalue weighted by Crippen LogP contribution is 2.23. The van der Waals surface area contributed by atoms with Crippen LogP contribution >= 0.6 is 0 Å². The van der Waals surface area contributed by atoms with Crippen LogP contribution in [0.4, 0.5) is 27.4 Å². The first-order valence-corrected chi connectivity index (χ1v) is 5.41. The highest BCUT2D eigenvalue weighted by molar-refractivity contribution is 5.63. The third kappa shape index (κ3) is 2.76. The first-order chi connectivity index (χ1) is 8.97. The summed E-state index contributed by atoms with van der Waals surface area (Å²) in [7, 11) is 0. The second kappa shape index (κ2) is 4.89. The molecule has 2 rings (SSSR count). The normalized spacial score (nSPS) is 10.2. The molecule has 3 N–H and O–H groups in total. The Morgan fingerprint density at radius 2 is 2.11 bits per heavy atom. The molecule has 0 aliphatic carbocycles. The maximum Gasteiger partial charge on any atom is 0.311 e. The van der Waals surface area contributed by atoms with Crippen LogP contribution in [0.15, 0.2) is 30.3 Å². The number of hydrogen-bond acceptors (Lipinski definition) is 5. The van der Waals surface area contributed by atoms with E-state index in [1.54, 1.807) is 19.1 Å². The molecule has 98 valence electrons. The van der Waals surface area contributed by atoms with Gasteiger partial charge in [-0.15, -0.1) is 0 Å². The lowest BCUT2D eigenvalue weighted by Crippen LogP contribution is -2.01. The van der Waals surface area contributed by atoms with Gasteiger partial charge < -0.3 is 11.1 Å². The van der Waals surface area contributed by atoms with Gasteiger partial charge in [-0.2, -0.15) is 0 Å². The number of halogens is 1. The summed E-state index contributed by atoms with van der Waals surface area (Å²) in [6.45, 7) is 1.64. The highest BCUT2D eigenvalue weighted by Gasteiger charge is 2.12. The van der Waals surface area contributed by atoms with Crippen LogP contribution in [0, 0.1) is 22.9 Å². The maximum atomic E-state index is 13.1. The summed E-state index contributed by atoms with van der Waals surface area (Å²) in [5.74, 6) is -0.121. The molecule has 0 unspecified atom stereocenters. The fourth-order valence-corrected chi connectivity index (χ4v) is 1.56. The number of nitro groups is 1. The Bertz CT molecular complexity index is 646. The zero-order valence-electron chi connectivity index (χ0n) is 10.1. The van der Waals surface area contributed by atoms with Crippen molar-refractivity contribution in [2.45, 2.75) is 6.92 Å². The average molecular weight is 262 g/mol. The number of anilines is 3. The van der Waals surface area contributed by atoms with Gasteiger partial charge in [0.1, 0.15) is 11.6 Å². The average Bonchev–Trinajstić information content (AvgIpc) is 2.33. The van der Waals surface area contributed by atoms with Crippen molar-refractivity contribution in [2.24, 2.45) is 0 Å². The predicted octanol–water partition coefficient (Wildman–Crippen LogP) is 2.76. The van der Waals surface area contributed by atoms with E-state index in [2.05, 4.69) is 10.3 Å². The zero-order valence-corrected chi connectivity index (χ0v) is 10.1. The quantitative estimate of drug-likeness (QED) is 0.655. The Hall–Kier alpha value is -2.70. The number of aromatic nitrogens is 1. The molecule has 0 saturated carbocycles. The second-order valence-electron chi connectivity index (χ2n) is 3.95. The molecule has 0 bridgehead atoms. The minimum Gasteiger partial charge on any atom is -0.378 e. The SMILES string of the molecule is Cc1cc(Nc2ccc([N+](=O)[O-])c(N)n2)ccc1F. The second-order valence-corrected chi connectivity index (χ2v) is 3.95. The number of hydrogen-bond donors (Lipinski definition) is 2. The molecular formula is C12H11FN4O2. The summed E-state index contributed by atoms with van der Waals surface area (Å²) < 4.78 is 13.1. The van der Waals surface area contributed by atoms with Crippen molar-refractivity contribution >= 4 is 23.0 Å². The molecule has 6 nitrogen and oxygen atoms in total. The number of nitrogen functional groups attached to an aromatic ring is 1. The Morgan fingerprint density at radius 3 is 2.68 bits per heavy atom. The molecule has 1 aromatic heterocycles. The lowest BCUT2D eigenvalue weighted by atomic mass is 10.2. The molecule has 0 aliphatic rings. The molecule has 0 fully saturated rings. The molecule has 1 heterocycles. The van der Waals surface area contributed by atoms with Gasteiger partial charge in [-0.25, -0.2) is 9.37 Å². The van der Waals surface area contributed by atoms with Crippen LogP contribution in [0.2, 0.25) is 0 Å². The Balaban J connectivity index is 2.26. The molecule has 7 heteroatoms. The number of rotatable bonds is 3. The van der Waals surface area contributed by atoms with Gasteiger partial charge in [0.25, 0.3) is 0 Å². The van der Waals surface area contributed by atoms with Gasteiger partial charge in [0, 0.05) is 11.8 Å². The van der Waals surface area contributed by atoms with E-state index in [4.69, 9.17) is 5.73 Å². The summed E-state index contributed by atoms with van der Waals surface area (Å²) in [5.41, 5.74) is 6.34. The maximum absolute atomic E-state index is 13.1. The number of benzene rings is 1. The molecule has 19 heavy (non-hydrogen) atoms. The molecule has 0 radical (unpaired) electrons. The summed E-state index contributed by atoms with van der Waals surface area (Å²) in [4.78, 5) is 13.9. The summed E-state index contributed by atoms with van der Waals surface area (Å²) in [5, 5.41) is 13.5. The van der Waals surface area contributed by atoms with Gasteiger partial charge in [0.05, 0.1) is 4.92 Å². The van der Waals surface area contributed by atoms with E-state index in [1.165, 1.54) is 18.2 Å². The van der Waals surface area contributed by atoms with Gasteiger partial charge in [0.15, 0.2) is 0 Å². The van der Waals surface area contributed by atoms with E-state index >= 15 is 0 Å². The third-order valence-electron chi connectivity index (χ3n) is 2.53.